The molecule has 4 aromatic carbocycles. The molecular formula is C25H20N2O3. The molecule has 0 radical (unpaired) electrons. The zero-order valence-electron chi connectivity index (χ0n) is 16.4. The van der Waals surface area contributed by atoms with Gasteiger partial charge in [-0.1, -0.05) is 54.6 Å². The molecule has 0 bridgehead atoms. The third-order valence-corrected chi connectivity index (χ3v) is 4.77. The Morgan fingerprint density at radius 2 is 1.47 bits per heavy atom. The van der Waals surface area contributed by atoms with Crippen molar-refractivity contribution >= 4 is 34.0 Å². The topological polar surface area (TPSA) is 67.4 Å². The Hall–Kier alpha value is -4.12. The minimum Gasteiger partial charge on any atom is -0.495 e. The van der Waals surface area contributed by atoms with Gasteiger partial charge >= 0.3 is 0 Å². The summed E-state index contributed by atoms with van der Waals surface area (Å²) in [6.07, 6.45) is 0. The van der Waals surface area contributed by atoms with E-state index in [4.69, 9.17) is 4.74 Å². The maximum Gasteiger partial charge on any atom is 0.256 e. The monoisotopic (exact) mass is 396 g/mol. The fourth-order valence-electron chi connectivity index (χ4n) is 3.30. The van der Waals surface area contributed by atoms with Gasteiger partial charge in [-0.2, -0.15) is 0 Å². The number of carbonyl (C=O) groups is 2. The van der Waals surface area contributed by atoms with Gasteiger partial charge in [0.05, 0.1) is 12.8 Å². The van der Waals surface area contributed by atoms with E-state index in [1.165, 1.54) is 0 Å². The summed E-state index contributed by atoms with van der Waals surface area (Å²) in [5.41, 5.74) is 2.13. The normalized spacial score (nSPS) is 10.4. The molecule has 0 aromatic heterocycles. The van der Waals surface area contributed by atoms with E-state index < -0.39 is 0 Å². The van der Waals surface area contributed by atoms with Crippen LogP contribution in [0.2, 0.25) is 0 Å². The number of nitrogens with one attached hydrogen (secondary N) is 2. The molecule has 30 heavy (non-hydrogen) atoms. The third kappa shape index (κ3) is 4.00. The Balaban J connectivity index is 1.54. The molecule has 4 aromatic rings. The van der Waals surface area contributed by atoms with Gasteiger partial charge < -0.3 is 15.4 Å². The Morgan fingerprint density at radius 1 is 0.733 bits per heavy atom. The maximum atomic E-state index is 12.9. The van der Waals surface area contributed by atoms with E-state index in [1.807, 2.05) is 48.5 Å². The average molecular weight is 396 g/mol. The molecule has 0 fully saturated rings. The molecule has 148 valence electrons. The van der Waals surface area contributed by atoms with Gasteiger partial charge in [0.15, 0.2) is 0 Å². The summed E-state index contributed by atoms with van der Waals surface area (Å²) in [5, 5.41) is 7.60. The lowest BCUT2D eigenvalue weighted by molar-refractivity contribution is 0.101. The number of para-hydroxylation sites is 2. The largest absolute Gasteiger partial charge is 0.495 e. The lowest BCUT2D eigenvalue weighted by Gasteiger charge is -2.11. The fourth-order valence-corrected chi connectivity index (χ4v) is 3.30. The van der Waals surface area contributed by atoms with Gasteiger partial charge in [-0.25, -0.2) is 0 Å². The first-order chi connectivity index (χ1) is 14.7. The van der Waals surface area contributed by atoms with Crippen LogP contribution in [-0.4, -0.2) is 18.9 Å². The van der Waals surface area contributed by atoms with Crippen LogP contribution in [-0.2, 0) is 0 Å². The lowest BCUT2D eigenvalue weighted by atomic mass is 10.0. The number of benzene rings is 4. The summed E-state index contributed by atoms with van der Waals surface area (Å²) in [6, 6.07) is 27.4. The van der Waals surface area contributed by atoms with Crippen molar-refractivity contribution in [1.29, 1.82) is 0 Å². The molecule has 0 heterocycles. The number of anilines is 2. The molecule has 0 saturated carbocycles. The molecule has 5 nitrogen and oxygen atoms in total. The number of rotatable bonds is 5. The third-order valence-electron chi connectivity index (χ3n) is 4.77. The van der Waals surface area contributed by atoms with E-state index in [0.717, 1.165) is 10.8 Å². The predicted molar refractivity (Wildman–Crippen MR) is 119 cm³/mol. The van der Waals surface area contributed by atoms with Crippen molar-refractivity contribution in [3.8, 4) is 5.75 Å². The Labute approximate surface area is 174 Å². The van der Waals surface area contributed by atoms with Crippen LogP contribution in [0.4, 0.5) is 11.4 Å². The first-order valence-electron chi connectivity index (χ1n) is 9.49. The lowest BCUT2D eigenvalue weighted by Crippen LogP contribution is -2.15. The molecule has 2 N–H and O–H groups in total. The van der Waals surface area contributed by atoms with Gasteiger partial charge in [0.1, 0.15) is 5.75 Å². The van der Waals surface area contributed by atoms with Crippen molar-refractivity contribution in [3.05, 3.63) is 102 Å². The van der Waals surface area contributed by atoms with E-state index in [2.05, 4.69) is 10.6 Å². The molecule has 5 heteroatoms. The minimum absolute atomic E-state index is 0.228. The van der Waals surface area contributed by atoms with Crippen molar-refractivity contribution in [2.45, 2.75) is 0 Å². The average Bonchev–Trinajstić information content (AvgIpc) is 2.79. The van der Waals surface area contributed by atoms with Crippen LogP contribution >= 0.6 is 0 Å². The highest BCUT2D eigenvalue weighted by molar-refractivity contribution is 6.13. The van der Waals surface area contributed by atoms with Gasteiger partial charge in [-0.05, 0) is 47.2 Å². The Bertz CT molecular complexity index is 1230. The zero-order chi connectivity index (χ0) is 20.9. The number of fused-ring (bicyclic) bond motifs is 1. The van der Waals surface area contributed by atoms with Crippen molar-refractivity contribution in [3.63, 3.8) is 0 Å². The zero-order valence-corrected chi connectivity index (χ0v) is 16.4. The highest BCUT2D eigenvalue weighted by atomic mass is 16.5. The van der Waals surface area contributed by atoms with Gasteiger partial charge in [-0.15, -0.1) is 0 Å². The molecule has 0 atom stereocenters. The van der Waals surface area contributed by atoms with Crippen LogP contribution in [0.1, 0.15) is 20.7 Å². The predicted octanol–water partition coefficient (Wildman–Crippen LogP) is 5.35. The van der Waals surface area contributed by atoms with Gasteiger partial charge in [0.25, 0.3) is 11.8 Å². The summed E-state index contributed by atoms with van der Waals surface area (Å²) >= 11 is 0. The molecule has 0 spiro atoms. The number of ether oxygens (including phenoxy) is 1. The van der Waals surface area contributed by atoms with Crippen molar-refractivity contribution < 1.29 is 14.3 Å². The van der Waals surface area contributed by atoms with E-state index in [9.17, 15) is 9.59 Å². The molecule has 0 aliphatic rings. The van der Waals surface area contributed by atoms with Crippen LogP contribution in [0.25, 0.3) is 10.8 Å². The second-order valence-corrected chi connectivity index (χ2v) is 6.72. The number of hydrogen-bond donors (Lipinski definition) is 2. The smallest absolute Gasteiger partial charge is 0.256 e. The Kier molecular flexibility index (Phi) is 5.44. The molecule has 0 aliphatic heterocycles. The second kappa shape index (κ2) is 8.49. The fraction of sp³-hybridized carbons (Fsp3) is 0.0400. The Morgan fingerprint density at radius 3 is 2.33 bits per heavy atom. The molecular weight excluding hydrogens is 376 g/mol. The molecule has 0 saturated heterocycles. The van der Waals surface area contributed by atoms with E-state index >= 15 is 0 Å². The number of carbonyl (C=O) groups excluding carboxylic acids is 2. The van der Waals surface area contributed by atoms with Crippen LogP contribution in [0, 0.1) is 0 Å². The standard InChI is InChI=1S/C25H20N2O3/c1-30-23-15-5-4-14-22(23)27-24(28)18-10-6-11-19(16-18)26-25(29)21-13-7-9-17-8-2-3-12-20(17)21/h2-16H,1H3,(H,26,29)(H,27,28). The summed E-state index contributed by atoms with van der Waals surface area (Å²) in [4.78, 5) is 25.5. The van der Waals surface area contributed by atoms with Crippen LogP contribution in [0.3, 0.4) is 0 Å². The summed E-state index contributed by atoms with van der Waals surface area (Å²) in [7, 11) is 1.55. The molecule has 4 rings (SSSR count). The quantitative estimate of drug-likeness (QED) is 0.478. The first kappa shape index (κ1) is 19.2. The van der Waals surface area contributed by atoms with E-state index in [0.29, 0.717) is 28.3 Å². The number of amides is 2. The SMILES string of the molecule is COc1ccccc1NC(=O)c1cccc(NC(=O)c2cccc3ccccc23)c1. The van der Waals surface area contributed by atoms with Gasteiger partial charge in [-0.3, -0.25) is 9.59 Å². The maximum absolute atomic E-state index is 12.9. The van der Waals surface area contributed by atoms with Crippen LogP contribution < -0.4 is 15.4 Å². The minimum atomic E-state index is -0.291. The summed E-state index contributed by atoms with van der Waals surface area (Å²) in [5.74, 6) is 0.0566. The first-order valence-corrected chi connectivity index (χ1v) is 9.49. The van der Waals surface area contributed by atoms with Crippen LogP contribution in [0.15, 0.2) is 91.0 Å². The van der Waals surface area contributed by atoms with Gasteiger partial charge in [0, 0.05) is 16.8 Å². The van der Waals surface area contributed by atoms with Crippen molar-refractivity contribution in [1.82, 2.24) is 0 Å². The molecule has 2 amide bonds. The number of hydrogen-bond acceptors (Lipinski definition) is 3. The highest BCUT2D eigenvalue weighted by Crippen LogP contribution is 2.24. The summed E-state index contributed by atoms with van der Waals surface area (Å²) < 4.78 is 5.27. The molecule has 0 aliphatic carbocycles. The summed E-state index contributed by atoms with van der Waals surface area (Å²) in [6.45, 7) is 0. The van der Waals surface area contributed by atoms with Crippen molar-refractivity contribution in [2.24, 2.45) is 0 Å². The number of methoxy groups -OCH3 is 1. The van der Waals surface area contributed by atoms with Gasteiger partial charge in [0.2, 0.25) is 0 Å². The second-order valence-electron chi connectivity index (χ2n) is 6.72. The van der Waals surface area contributed by atoms with Crippen LogP contribution in [0.5, 0.6) is 5.75 Å². The van der Waals surface area contributed by atoms with E-state index in [-0.39, 0.29) is 11.8 Å². The van der Waals surface area contributed by atoms with E-state index in [1.54, 1.807) is 49.6 Å². The van der Waals surface area contributed by atoms with Crippen molar-refractivity contribution in [2.75, 3.05) is 17.7 Å². The molecule has 0 unspecified atom stereocenters. The highest BCUT2D eigenvalue weighted by Gasteiger charge is 2.13.